The van der Waals surface area contributed by atoms with Crippen molar-refractivity contribution in [1.82, 2.24) is 0 Å². The fourth-order valence-electron chi connectivity index (χ4n) is 0.911. The Morgan fingerprint density at radius 2 is 2.07 bits per heavy atom. The molecule has 1 aromatic carbocycles. The summed E-state index contributed by atoms with van der Waals surface area (Å²) in [6, 6.07) is 8.92. The average Bonchev–Trinajstić information content (AvgIpc) is 2.01. The number of benzene rings is 1. The number of rotatable bonds is 3. The Morgan fingerprint density at radius 1 is 1.43 bits per heavy atom. The second-order valence-corrected chi connectivity index (χ2v) is 3.41. The van der Waals surface area contributed by atoms with Gasteiger partial charge in [0, 0.05) is 5.75 Å². The Balaban J connectivity index is 0. The van der Waals surface area contributed by atoms with Crippen molar-refractivity contribution in [2.75, 3.05) is 6.61 Å². The third-order valence-corrected chi connectivity index (χ3v) is 1.50. The van der Waals surface area contributed by atoms with Gasteiger partial charge in [-0.25, -0.2) is 0 Å². The van der Waals surface area contributed by atoms with Crippen LogP contribution in [0.1, 0.15) is 19.4 Å². The van der Waals surface area contributed by atoms with Gasteiger partial charge in [-0.05, 0) is 5.92 Å². The van der Waals surface area contributed by atoms with Crippen LogP contribution in [0.4, 0.5) is 0 Å². The summed E-state index contributed by atoms with van der Waals surface area (Å²) in [5.41, 5.74) is 1.12. The molecule has 0 aliphatic carbocycles. The van der Waals surface area contributed by atoms with Crippen LogP contribution >= 0.6 is 0 Å². The molecule has 74 valence electrons. The summed E-state index contributed by atoms with van der Waals surface area (Å²) in [6.07, 6.45) is 0. The predicted octanol–water partition coefficient (Wildman–Crippen LogP) is -0.547. The number of halogens is 1. The molecule has 0 aliphatic heterocycles. The molecule has 0 heterocycles. The number of ether oxygens (including phenoxy) is 1. The molecule has 0 aliphatic rings. The minimum atomic E-state index is 0. The molecule has 0 spiro atoms. The van der Waals surface area contributed by atoms with Gasteiger partial charge in [0.1, 0.15) is 0 Å². The zero-order valence-electron chi connectivity index (χ0n) is 9.01. The molecule has 3 heteroatoms. The fraction of sp³-hybridized carbons (Fsp3) is 0.455. The SMILES string of the molecule is Cc1[c-]ccc(OCC(C)C)c1.[Br-].[Mg+2]. The second kappa shape index (κ2) is 8.56. The van der Waals surface area contributed by atoms with Crippen LogP contribution < -0.4 is 21.7 Å². The first-order valence-electron chi connectivity index (χ1n) is 4.29. The van der Waals surface area contributed by atoms with Gasteiger partial charge in [-0.15, -0.1) is 12.1 Å². The maximum atomic E-state index is 5.53. The minimum Gasteiger partial charge on any atom is -1.00 e. The Hall–Kier alpha value is 0.266. The summed E-state index contributed by atoms with van der Waals surface area (Å²) >= 11 is 0. The molecule has 0 N–H and O–H groups in total. The van der Waals surface area contributed by atoms with E-state index in [4.69, 9.17) is 4.74 Å². The van der Waals surface area contributed by atoms with Crippen LogP contribution in [0.3, 0.4) is 0 Å². The maximum Gasteiger partial charge on any atom is 2.00 e. The van der Waals surface area contributed by atoms with E-state index in [2.05, 4.69) is 19.9 Å². The normalized spacial score (nSPS) is 8.86. The van der Waals surface area contributed by atoms with E-state index < -0.39 is 0 Å². The van der Waals surface area contributed by atoms with Crippen molar-refractivity contribution >= 4 is 23.1 Å². The van der Waals surface area contributed by atoms with Crippen LogP contribution in [0, 0.1) is 18.9 Å². The van der Waals surface area contributed by atoms with Crippen LogP contribution in [0.25, 0.3) is 0 Å². The van der Waals surface area contributed by atoms with Crippen LogP contribution in [-0.4, -0.2) is 29.7 Å². The molecular formula is C11H15BrMgO. The van der Waals surface area contributed by atoms with E-state index in [1.54, 1.807) is 0 Å². The molecule has 1 rings (SSSR count). The summed E-state index contributed by atoms with van der Waals surface area (Å²) in [5, 5.41) is 0. The number of hydrogen-bond acceptors (Lipinski definition) is 1. The Morgan fingerprint density at radius 3 is 2.57 bits per heavy atom. The van der Waals surface area contributed by atoms with Gasteiger partial charge in [0.2, 0.25) is 0 Å². The van der Waals surface area contributed by atoms with E-state index in [-0.39, 0.29) is 40.0 Å². The summed E-state index contributed by atoms with van der Waals surface area (Å²) in [7, 11) is 0. The van der Waals surface area contributed by atoms with Gasteiger partial charge in [-0.1, -0.05) is 20.8 Å². The van der Waals surface area contributed by atoms with Crippen molar-refractivity contribution in [2.24, 2.45) is 5.92 Å². The summed E-state index contributed by atoms with van der Waals surface area (Å²) in [4.78, 5) is 0. The van der Waals surface area contributed by atoms with Crippen molar-refractivity contribution < 1.29 is 21.7 Å². The van der Waals surface area contributed by atoms with Gasteiger partial charge >= 0.3 is 23.1 Å². The monoisotopic (exact) mass is 266 g/mol. The van der Waals surface area contributed by atoms with E-state index in [9.17, 15) is 0 Å². The first kappa shape index (κ1) is 16.7. The van der Waals surface area contributed by atoms with Crippen LogP contribution in [0.2, 0.25) is 0 Å². The smallest absolute Gasteiger partial charge is 1.00 e. The van der Waals surface area contributed by atoms with E-state index >= 15 is 0 Å². The molecular weight excluding hydrogens is 252 g/mol. The van der Waals surface area contributed by atoms with Gasteiger partial charge in [0.05, 0.1) is 6.61 Å². The second-order valence-electron chi connectivity index (χ2n) is 3.41. The van der Waals surface area contributed by atoms with Gasteiger partial charge in [0.15, 0.2) is 0 Å². The standard InChI is InChI=1S/C11H15O.BrH.Mg/c1-9(2)8-12-11-6-4-5-10(3)7-11;;/h4,6-7,9H,8H2,1-3H3;1H;/q-1;;+2/p-1. The minimum absolute atomic E-state index is 0. The molecule has 0 fully saturated rings. The van der Waals surface area contributed by atoms with Gasteiger partial charge in [0.25, 0.3) is 0 Å². The summed E-state index contributed by atoms with van der Waals surface area (Å²) < 4.78 is 5.53. The van der Waals surface area contributed by atoms with Crippen LogP contribution in [-0.2, 0) is 0 Å². The number of aryl methyl sites for hydroxylation is 1. The van der Waals surface area contributed by atoms with E-state index in [1.165, 1.54) is 0 Å². The van der Waals surface area contributed by atoms with Crippen LogP contribution in [0.15, 0.2) is 18.2 Å². The fourth-order valence-corrected chi connectivity index (χ4v) is 0.911. The van der Waals surface area contributed by atoms with E-state index in [1.807, 2.05) is 25.1 Å². The first-order valence-corrected chi connectivity index (χ1v) is 4.29. The third-order valence-electron chi connectivity index (χ3n) is 1.50. The summed E-state index contributed by atoms with van der Waals surface area (Å²) in [6.45, 7) is 7.08. The molecule has 0 saturated heterocycles. The molecule has 0 saturated carbocycles. The van der Waals surface area contributed by atoms with Crippen LogP contribution in [0.5, 0.6) is 5.75 Å². The Bertz CT molecular complexity index is 251. The van der Waals surface area contributed by atoms with Gasteiger partial charge in [-0.3, -0.25) is 0 Å². The topological polar surface area (TPSA) is 9.23 Å². The molecule has 0 unspecified atom stereocenters. The molecule has 1 nitrogen and oxygen atoms in total. The zero-order chi connectivity index (χ0) is 8.97. The Labute approximate surface area is 113 Å². The molecule has 0 atom stereocenters. The molecule has 0 aromatic heterocycles. The average molecular weight is 267 g/mol. The predicted molar refractivity (Wildman–Crippen MR) is 56.1 cm³/mol. The van der Waals surface area contributed by atoms with Crippen molar-refractivity contribution in [1.29, 1.82) is 0 Å². The third kappa shape index (κ3) is 6.68. The summed E-state index contributed by atoms with van der Waals surface area (Å²) in [5.74, 6) is 1.52. The molecule has 14 heavy (non-hydrogen) atoms. The molecule has 1 aromatic rings. The van der Waals surface area contributed by atoms with Crippen molar-refractivity contribution in [3.63, 3.8) is 0 Å². The van der Waals surface area contributed by atoms with E-state index in [0.29, 0.717) is 5.92 Å². The van der Waals surface area contributed by atoms with Crippen molar-refractivity contribution in [2.45, 2.75) is 20.8 Å². The zero-order valence-corrected chi connectivity index (χ0v) is 12.0. The molecule has 0 amide bonds. The Kier molecular flexibility index (Phi) is 10.2. The quantitative estimate of drug-likeness (QED) is 0.528. The van der Waals surface area contributed by atoms with Gasteiger partial charge < -0.3 is 21.7 Å². The number of hydrogen-bond donors (Lipinski definition) is 0. The maximum absolute atomic E-state index is 5.53. The molecule has 0 radical (unpaired) electrons. The van der Waals surface area contributed by atoms with E-state index in [0.717, 1.165) is 17.9 Å². The van der Waals surface area contributed by atoms with Crippen molar-refractivity contribution in [3.8, 4) is 5.75 Å². The van der Waals surface area contributed by atoms with Crippen molar-refractivity contribution in [3.05, 3.63) is 29.8 Å². The first-order chi connectivity index (χ1) is 5.68. The largest absolute Gasteiger partial charge is 2.00 e. The molecule has 0 bridgehead atoms. The van der Waals surface area contributed by atoms with Gasteiger partial charge in [-0.2, -0.15) is 17.7 Å².